The fraction of sp³-hybridized carbons (Fsp3) is 0.562. The van der Waals surface area contributed by atoms with E-state index in [2.05, 4.69) is 27.7 Å². The van der Waals surface area contributed by atoms with Crippen molar-refractivity contribution in [1.82, 2.24) is 0 Å². The fourth-order valence-corrected chi connectivity index (χ4v) is 2.93. The van der Waals surface area contributed by atoms with Crippen LogP contribution in [0.15, 0.2) is 18.2 Å². The van der Waals surface area contributed by atoms with Crippen molar-refractivity contribution in [3.8, 4) is 0 Å². The first-order chi connectivity index (χ1) is 8.41. The summed E-state index contributed by atoms with van der Waals surface area (Å²) in [7, 11) is 0. The smallest absolute Gasteiger partial charge is 0.175 e. The van der Waals surface area contributed by atoms with Gasteiger partial charge in [-0.25, -0.2) is 0 Å². The predicted molar refractivity (Wildman–Crippen MR) is 81.6 cm³/mol. The zero-order chi connectivity index (χ0) is 13.7. The van der Waals surface area contributed by atoms with Crippen molar-refractivity contribution in [2.75, 3.05) is 5.75 Å². The second kappa shape index (κ2) is 6.98. The molecule has 0 fully saturated rings. The summed E-state index contributed by atoms with van der Waals surface area (Å²) < 4.78 is 0. The maximum Gasteiger partial charge on any atom is 0.175 e. The number of ketones is 1. The summed E-state index contributed by atoms with van der Waals surface area (Å²) in [5.74, 6) is 2.03. The van der Waals surface area contributed by atoms with E-state index in [1.165, 1.54) is 17.5 Å². The van der Waals surface area contributed by atoms with E-state index in [-0.39, 0.29) is 11.0 Å². The number of carbonyl (C=O) groups is 1. The normalized spacial score (nSPS) is 12.8. The Morgan fingerprint density at radius 1 is 1.17 bits per heavy atom. The highest BCUT2D eigenvalue weighted by Crippen LogP contribution is 2.20. The molecule has 0 aliphatic carbocycles. The fourth-order valence-electron chi connectivity index (χ4n) is 1.69. The van der Waals surface area contributed by atoms with E-state index in [0.29, 0.717) is 5.92 Å². The van der Waals surface area contributed by atoms with Crippen molar-refractivity contribution in [3.63, 3.8) is 0 Å². The van der Waals surface area contributed by atoms with Gasteiger partial charge in [-0.2, -0.15) is 11.8 Å². The van der Waals surface area contributed by atoms with Gasteiger partial charge in [0.1, 0.15) is 0 Å². The van der Waals surface area contributed by atoms with E-state index in [9.17, 15) is 4.79 Å². The molecule has 1 rings (SSSR count). The summed E-state index contributed by atoms with van der Waals surface area (Å²) in [4.78, 5) is 12.3. The molecule has 0 saturated carbocycles. The molecule has 0 saturated heterocycles. The van der Waals surface area contributed by atoms with E-state index in [4.69, 9.17) is 0 Å². The van der Waals surface area contributed by atoms with Crippen LogP contribution < -0.4 is 0 Å². The summed E-state index contributed by atoms with van der Waals surface area (Å²) in [5, 5.41) is 0.0610. The molecule has 1 unspecified atom stereocenters. The average Bonchev–Trinajstić information content (AvgIpc) is 2.31. The Balaban J connectivity index is 2.60. The highest BCUT2D eigenvalue weighted by atomic mass is 32.2. The molecule has 0 heterocycles. The third kappa shape index (κ3) is 4.49. The maximum absolute atomic E-state index is 12.3. The van der Waals surface area contributed by atoms with Gasteiger partial charge in [-0.15, -0.1) is 0 Å². The second-order valence-corrected chi connectivity index (χ2v) is 6.81. The van der Waals surface area contributed by atoms with Gasteiger partial charge in [-0.05, 0) is 56.1 Å². The molecule has 18 heavy (non-hydrogen) atoms. The number of thioether (sulfide) groups is 1. The maximum atomic E-state index is 12.3. The zero-order valence-electron chi connectivity index (χ0n) is 12.1. The Bertz CT molecular complexity index is 410. The van der Waals surface area contributed by atoms with Gasteiger partial charge < -0.3 is 0 Å². The first-order valence-electron chi connectivity index (χ1n) is 6.65. The van der Waals surface area contributed by atoms with Crippen LogP contribution >= 0.6 is 11.8 Å². The van der Waals surface area contributed by atoms with Crippen molar-refractivity contribution in [2.24, 2.45) is 5.92 Å². The van der Waals surface area contributed by atoms with Crippen molar-refractivity contribution in [1.29, 1.82) is 0 Å². The first kappa shape index (κ1) is 15.3. The second-order valence-electron chi connectivity index (χ2n) is 5.36. The highest BCUT2D eigenvalue weighted by Gasteiger charge is 2.15. The average molecular weight is 264 g/mol. The lowest BCUT2D eigenvalue weighted by atomic mass is 10.0. The quantitative estimate of drug-likeness (QED) is 0.695. The lowest BCUT2D eigenvalue weighted by Gasteiger charge is -2.12. The van der Waals surface area contributed by atoms with Crippen molar-refractivity contribution >= 4 is 17.5 Å². The van der Waals surface area contributed by atoms with Gasteiger partial charge in [0.15, 0.2) is 5.78 Å². The molecule has 0 N–H and O–H groups in total. The minimum absolute atomic E-state index is 0.0610. The molecule has 1 nitrogen and oxygen atoms in total. The number of aryl methyl sites for hydroxylation is 2. The molecule has 0 aliphatic rings. The number of Topliss-reactive ketones (excluding diaryl/α,β-unsaturated/α-hetero) is 1. The third-order valence-electron chi connectivity index (χ3n) is 3.22. The van der Waals surface area contributed by atoms with Gasteiger partial charge in [0, 0.05) is 5.56 Å². The molecule has 0 bridgehead atoms. The number of benzene rings is 1. The molecule has 0 spiro atoms. The van der Waals surface area contributed by atoms with E-state index in [1.807, 2.05) is 25.1 Å². The SMILES string of the molecule is Cc1ccc(C(=O)C(C)SCCC(C)C)cc1C. The van der Waals surface area contributed by atoms with Gasteiger partial charge in [0.05, 0.1) is 5.25 Å². The lowest BCUT2D eigenvalue weighted by Crippen LogP contribution is -2.14. The summed E-state index contributed by atoms with van der Waals surface area (Å²) >= 11 is 1.77. The number of hydrogen-bond donors (Lipinski definition) is 0. The lowest BCUT2D eigenvalue weighted by molar-refractivity contribution is 0.0994. The standard InChI is InChI=1S/C16H24OS/c1-11(2)8-9-18-14(5)16(17)15-7-6-12(3)13(4)10-15/h6-7,10-11,14H,8-9H2,1-5H3. The largest absolute Gasteiger partial charge is 0.293 e. The van der Waals surface area contributed by atoms with Crippen LogP contribution in [0.25, 0.3) is 0 Å². The Morgan fingerprint density at radius 2 is 1.83 bits per heavy atom. The zero-order valence-corrected chi connectivity index (χ0v) is 12.9. The minimum Gasteiger partial charge on any atom is -0.293 e. The predicted octanol–water partition coefficient (Wildman–Crippen LogP) is 4.65. The molecular formula is C16H24OS. The molecule has 0 aromatic heterocycles. The van der Waals surface area contributed by atoms with Crippen molar-refractivity contribution in [2.45, 2.75) is 46.3 Å². The molecule has 0 aliphatic heterocycles. The molecule has 2 heteroatoms. The minimum atomic E-state index is 0.0610. The van der Waals surface area contributed by atoms with Crippen LogP contribution in [0.2, 0.25) is 0 Å². The van der Waals surface area contributed by atoms with Gasteiger partial charge in [0.25, 0.3) is 0 Å². The molecule has 1 aromatic carbocycles. The Hall–Kier alpha value is -0.760. The van der Waals surface area contributed by atoms with Crippen LogP contribution in [-0.2, 0) is 0 Å². The van der Waals surface area contributed by atoms with E-state index in [0.717, 1.165) is 11.3 Å². The van der Waals surface area contributed by atoms with Crippen LogP contribution in [-0.4, -0.2) is 16.8 Å². The van der Waals surface area contributed by atoms with Gasteiger partial charge in [0.2, 0.25) is 0 Å². The molecular weight excluding hydrogens is 240 g/mol. The van der Waals surface area contributed by atoms with Crippen LogP contribution in [0.3, 0.4) is 0 Å². The summed E-state index contributed by atoms with van der Waals surface area (Å²) in [5.41, 5.74) is 3.29. The van der Waals surface area contributed by atoms with Gasteiger partial charge in [-0.1, -0.05) is 26.0 Å². The Labute approximate surface area is 115 Å². The van der Waals surface area contributed by atoms with E-state index in [1.54, 1.807) is 11.8 Å². The third-order valence-corrected chi connectivity index (χ3v) is 4.41. The Morgan fingerprint density at radius 3 is 2.39 bits per heavy atom. The number of rotatable bonds is 6. The summed E-state index contributed by atoms with van der Waals surface area (Å²) in [6.45, 7) is 10.6. The summed E-state index contributed by atoms with van der Waals surface area (Å²) in [6.07, 6.45) is 1.18. The molecule has 1 atom stereocenters. The first-order valence-corrected chi connectivity index (χ1v) is 7.69. The molecule has 0 amide bonds. The van der Waals surface area contributed by atoms with Crippen LogP contribution in [0, 0.1) is 19.8 Å². The van der Waals surface area contributed by atoms with Crippen molar-refractivity contribution in [3.05, 3.63) is 34.9 Å². The summed E-state index contributed by atoms with van der Waals surface area (Å²) in [6, 6.07) is 6.00. The van der Waals surface area contributed by atoms with Crippen molar-refractivity contribution < 1.29 is 4.79 Å². The number of carbonyl (C=O) groups excluding carboxylic acids is 1. The van der Waals surface area contributed by atoms with Gasteiger partial charge in [-0.3, -0.25) is 4.79 Å². The van der Waals surface area contributed by atoms with Crippen LogP contribution in [0.4, 0.5) is 0 Å². The van der Waals surface area contributed by atoms with E-state index < -0.39 is 0 Å². The van der Waals surface area contributed by atoms with E-state index >= 15 is 0 Å². The highest BCUT2D eigenvalue weighted by molar-refractivity contribution is 8.00. The monoisotopic (exact) mass is 264 g/mol. The van der Waals surface area contributed by atoms with Crippen LogP contribution in [0.5, 0.6) is 0 Å². The molecule has 1 aromatic rings. The Kier molecular flexibility index (Phi) is 5.94. The molecule has 100 valence electrons. The van der Waals surface area contributed by atoms with Gasteiger partial charge >= 0.3 is 0 Å². The van der Waals surface area contributed by atoms with Crippen LogP contribution in [0.1, 0.15) is 48.7 Å². The molecule has 0 radical (unpaired) electrons. The topological polar surface area (TPSA) is 17.1 Å². The number of hydrogen-bond acceptors (Lipinski definition) is 2.